The summed E-state index contributed by atoms with van der Waals surface area (Å²) in [5, 5.41) is 7.89. The van der Waals surface area contributed by atoms with E-state index in [1.807, 2.05) is 0 Å². The lowest BCUT2D eigenvalue weighted by molar-refractivity contribution is -0.116. The molecular formula is C14H16FN3O2S. The van der Waals surface area contributed by atoms with Crippen LogP contribution in [0.4, 0.5) is 9.52 Å². The van der Waals surface area contributed by atoms with Gasteiger partial charge in [-0.25, -0.2) is 9.37 Å². The highest BCUT2D eigenvalue weighted by molar-refractivity contribution is 7.14. The van der Waals surface area contributed by atoms with Gasteiger partial charge in [0.15, 0.2) is 16.7 Å². The van der Waals surface area contributed by atoms with Gasteiger partial charge in [0.2, 0.25) is 5.91 Å². The van der Waals surface area contributed by atoms with Crippen LogP contribution in [0.25, 0.3) is 11.3 Å². The van der Waals surface area contributed by atoms with Crippen molar-refractivity contribution in [1.29, 1.82) is 0 Å². The van der Waals surface area contributed by atoms with Crippen LogP contribution in [0, 0.1) is 5.82 Å². The van der Waals surface area contributed by atoms with E-state index in [0.29, 0.717) is 29.4 Å². The molecule has 0 aliphatic rings. The summed E-state index contributed by atoms with van der Waals surface area (Å²) in [7, 11) is 3.20. The monoisotopic (exact) mass is 309 g/mol. The van der Waals surface area contributed by atoms with Gasteiger partial charge in [0.25, 0.3) is 0 Å². The maximum absolute atomic E-state index is 13.7. The first-order valence-corrected chi connectivity index (χ1v) is 7.26. The fourth-order valence-corrected chi connectivity index (χ4v) is 2.45. The number of nitrogens with one attached hydrogen (secondary N) is 2. The van der Waals surface area contributed by atoms with E-state index in [-0.39, 0.29) is 11.7 Å². The molecule has 0 radical (unpaired) electrons. The molecule has 0 aliphatic heterocycles. The molecule has 0 saturated carbocycles. The van der Waals surface area contributed by atoms with Gasteiger partial charge in [0.05, 0.1) is 12.8 Å². The Morgan fingerprint density at radius 1 is 1.48 bits per heavy atom. The van der Waals surface area contributed by atoms with Crippen LogP contribution < -0.4 is 15.4 Å². The number of anilines is 1. The minimum Gasteiger partial charge on any atom is -0.494 e. The lowest BCUT2D eigenvalue weighted by atomic mass is 10.1. The summed E-state index contributed by atoms with van der Waals surface area (Å²) in [5.41, 5.74) is 1.26. The molecular weight excluding hydrogens is 293 g/mol. The zero-order valence-electron chi connectivity index (χ0n) is 11.8. The highest BCUT2D eigenvalue weighted by Crippen LogP contribution is 2.28. The number of ether oxygens (including phenoxy) is 1. The fourth-order valence-electron chi connectivity index (χ4n) is 1.71. The molecule has 2 aromatic rings. The second-order valence-corrected chi connectivity index (χ2v) is 5.15. The van der Waals surface area contributed by atoms with Crippen molar-refractivity contribution in [1.82, 2.24) is 10.3 Å². The molecule has 1 heterocycles. The largest absolute Gasteiger partial charge is 0.494 e. The zero-order chi connectivity index (χ0) is 15.2. The number of thiazole rings is 1. The number of amides is 1. The van der Waals surface area contributed by atoms with Crippen LogP contribution in [-0.4, -0.2) is 31.6 Å². The van der Waals surface area contributed by atoms with Gasteiger partial charge in [-0.05, 0) is 25.2 Å². The van der Waals surface area contributed by atoms with Crippen molar-refractivity contribution >= 4 is 22.4 Å². The number of carbonyl (C=O) groups is 1. The van der Waals surface area contributed by atoms with Crippen molar-refractivity contribution in [2.24, 2.45) is 0 Å². The summed E-state index contributed by atoms with van der Waals surface area (Å²) < 4.78 is 18.5. The van der Waals surface area contributed by atoms with Gasteiger partial charge in [-0.2, -0.15) is 0 Å². The van der Waals surface area contributed by atoms with Gasteiger partial charge < -0.3 is 15.4 Å². The summed E-state index contributed by atoms with van der Waals surface area (Å²) in [4.78, 5) is 15.9. The Labute approximate surface area is 126 Å². The van der Waals surface area contributed by atoms with Crippen LogP contribution in [0.3, 0.4) is 0 Å². The predicted molar refractivity (Wildman–Crippen MR) is 81.2 cm³/mol. The average Bonchev–Trinajstić information content (AvgIpc) is 2.93. The fraction of sp³-hybridized carbons (Fsp3) is 0.286. The van der Waals surface area contributed by atoms with E-state index in [2.05, 4.69) is 15.6 Å². The number of halogens is 1. The Morgan fingerprint density at radius 3 is 2.95 bits per heavy atom. The molecule has 2 rings (SSSR count). The zero-order valence-corrected chi connectivity index (χ0v) is 12.6. The van der Waals surface area contributed by atoms with Gasteiger partial charge in [0.1, 0.15) is 0 Å². The van der Waals surface area contributed by atoms with E-state index in [4.69, 9.17) is 4.74 Å². The Morgan fingerprint density at radius 2 is 2.29 bits per heavy atom. The maximum atomic E-state index is 13.7. The van der Waals surface area contributed by atoms with Gasteiger partial charge in [-0.1, -0.05) is 0 Å². The van der Waals surface area contributed by atoms with E-state index in [1.54, 1.807) is 24.6 Å². The molecule has 0 aliphatic carbocycles. The summed E-state index contributed by atoms with van der Waals surface area (Å²) >= 11 is 1.30. The quantitative estimate of drug-likeness (QED) is 0.860. The third kappa shape index (κ3) is 3.99. The smallest absolute Gasteiger partial charge is 0.227 e. The molecule has 0 unspecified atom stereocenters. The first kappa shape index (κ1) is 15.4. The molecule has 112 valence electrons. The summed E-state index contributed by atoms with van der Waals surface area (Å²) in [6.45, 7) is 0.605. The van der Waals surface area contributed by atoms with Crippen LogP contribution in [0.2, 0.25) is 0 Å². The lowest BCUT2D eigenvalue weighted by Crippen LogP contribution is -2.18. The maximum Gasteiger partial charge on any atom is 0.227 e. The highest BCUT2D eigenvalue weighted by atomic mass is 32.1. The van der Waals surface area contributed by atoms with Crippen molar-refractivity contribution < 1.29 is 13.9 Å². The number of methoxy groups -OCH3 is 1. The third-order valence-electron chi connectivity index (χ3n) is 2.80. The van der Waals surface area contributed by atoms with Gasteiger partial charge in [0, 0.05) is 23.9 Å². The van der Waals surface area contributed by atoms with E-state index in [0.717, 1.165) is 0 Å². The molecule has 0 atom stereocenters. The van der Waals surface area contributed by atoms with E-state index >= 15 is 0 Å². The molecule has 0 bridgehead atoms. The average molecular weight is 309 g/mol. The van der Waals surface area contributed by atoms with Crippen molar-refractivity contribution in [3.8, 4) is 17.0 Å². The molecule has 7 heteroatoms. The molecule has 0 saturated heterocycles. The van der Waals surface area contributed by atoms with Crippen LogP contribution >= 0.6 is 11.3 Å². The molecule has 1 aromatic carbocycles. The summed E-state index contributed by atoms with van der Waals surface area (Å²) in [6.07, 6.45) is 0.378. The Balaban J connectivity index is 2.09. The Hall–Kier alpha value is -1.99. The minimum absolute atomic E-state index is 0.105. The van der Waals surface area contributed by atoms with Crippen LogP contribution in [0.1, 0.15) is 6.42 Å². The molecule has 1 amide bonds. The van der Waals surface area contributed by atoms with Crippen molar-refractivity contribution in [2.75, 3.05) is 26.0 Å². The number of hydrogen-bond donors (Lipinski definition) is 2. The minimum atomic E-state index is -0.442. The molecule has 5 nitrogen and oxygen atoms in total. The summed E-state index contributed by atoms with van der Waals surface area (Å²) in [6, 6.07) is 4.64. The molecule has 0 fully saturated rings. The summed E-state index contributed by atoms with van der Waals surface area (Å²) in [5.74, 6) is -0.358. The van der Waals surface area contributed by atoms with Gasteiger partial charge in [-0.15, -0.1) is 11.3 Å². The van der Waals surface area contributed by atoms with Gasteiger partial charge >= 0.3 is 0 Å². The first-order valence-electron chi connectivity index (χ1n) is 6.38. The standard InChI is InChI=1S/C14H16FN3O2S/c1-16-6-5-13(19)18-14-17-11(8-21-14)9-3-4-12(20-2)10(15)7-9/h3-4,7-8,16H,5-6H2,1-2H3,(H,17,18,19). The van der Waals surface area contributed by atoms with Gasteiger partial charge in [-0.3, -0.25) is 4.79 Å². The van der Waals surface area contributed by atoms with Crippen molar-refractivity contribution in [3.63, 3.8) is 0 Å². The Bertz CT molecular complexity index is 630. The second kappa shape index (κ2) is 7.14. The molecule has 21 heavy (non-hydrogen) atoms. The van der Waals surface area contributed by atoms with E-state index in [1.165, 1.54) is 24.5 Å². The normalized spacial score (nSPS) is 10.4. The van der Waals surface area contributed by atoms with Crippen LogP contribution in [-0.2, 0) is 4.79 Å². The predicted octanol–water partition coefficient (Wildman–Crippen LogP) is 2.51. The highest BCUT2D eigenvalue weighted by Gasteiger charge is 2.10. The SMILES string of the molecule is CNCCC(=O)Nc1nc(-c2ccc(OC)c(F)c2)cs1. The van der Waals surface area contributed by atoms with Crippen LogP contribution in [0.15, 0.2) is 23.6 Å². The Kier molecular flexibility index (Phi) is 5.24. The number of benzene rings is 1. The van der Waals surface area contributed by atoms with Crippen molar-refractivity contribution in [2.45, 2.75) is 6.42 Å². The number of rotatable bonds is 6. The lowest BCUT2D eigenvalue weighted by Gasteiger charge is -2.03. The molecule has 2 N–H and O–H groups in total. The third-order valence-corrected chi connectivity index (χ3v) is 3.56. The number of carbonyl (C=O) groups excluding carboxylic acids is 1. The molecule has 0 spiro atoms. The first-order chi connectivity index (χ1) is 10.1. The van der Waals surface area contributed by atoms with E-state index in [9.17, 15) is 9.18 Å². The number of aromatic nitrogens is 1. The second-order valence-electron chi connectivity index (χ2n) is 4.29. The number of nitrogens with zero attached hydrogens (tertiary/aromatic N) is 1. The van der Waals surface area contributed by atoms with E-state index < -0.39 is 5.82 Å². The number of hydrogen-bond acceptors (Lipinski definition) is 5. The van der Waals surface area contributed by atoms with Crippen LogP contribution in [0.5, 0.6) is 5.75 Å². The topological polar surface area (TPSA) is 63.2 Å². The van der Waals surface area contributed by atoms with Crippen molar-refractivity contribution in [3.05, 3.63) is 29.4 Å². The molecule has 1 aromatic heterocycles.